The summed E-state index contributed by atoms with van der Waals surface area (Å²) in [6.45, 7) is 5.27. The summed E-state index contributed by atoms with van der Waals surface area (Å²) in [4.78, 5) is 21.3. The van der Waals surface area contributed by atoms with E-state index in [2.05, 4.69) is 4.89 Å². The number of unbranched alkanes of at least 4 members (excludes halogenated alkanes) is 2. The maximum atomic E-state index is 12.1. The lowest BCUT2D eigenvalue weighted by atomic mass is 10.0. The number of hydrogen-bond acceptors (Lipinski definition) is 5. The number of aliphatic hydroxyl groups is 1. The second-order valence-electron chi connectivity index (χ2n) is 6.38. The van der Waals surface area contributed by atoms with Crippen LogP contribution in [-0.2, 0) is 19.3 Å². The van der Waals surface area contributed by atoms with Crippen molar-refractivity contribution in [2.45, 2.75) is 70.8 Å². The molecular formula is C15H27F3O5. The zero-order valence-corrected chi connectivity index (χ0v) is 14.1. The Morgan fingerprint density at radius 3 is 2.13 bits per heavy atom. The van der Waals surface area contributed by atoms with Gasteiger partial charge < -0.3 is 9.84 Å². The Morgan fingerprint density at radius 1 is 1.09 bits per heavy atom. The highest BCUT2D eigenvalue weighted by atomic mass is 19.4. The summed E-state index contributed by atoms with van der Waals surface area (Å²) in [7, 11) is 1.32. The average Bonchev–Trinajstić information content (AvgIpc) is 2.38. The molecule has 0 aliphatic heterocycles. The van der Waals surface area contributed by atoms with E-state index in [1.54, 1.807) is 20.8 Å². The molecule has 0 bridgehead atoms. The van der Waals surface area contributed by atoms with Crippen LogP contribution in [0.4, 0.5) is 13.2 Å². The van der Waals surface area contributed by atoms with E-state index in [9.17, 15) is 18.0 Å². The maximum absolute atomic E-state index is 12.1. The molecule has 2 unspecified atom stereocenters. The number of alkyl halides is 3. The highest BCUT2D eigenvalue weighted by molar-refractivity contribution is 5.73. The smallest absolute Gasteiger partial charge is 0.414 e. The minimum Gasteiger partial charge on any atom is -0.460 e. The molecule has 0 spiro atoms. The summed E-state index contributed by atoms with van der Waals surface area (Å²) in [5.74, 6) is -0.966. The summed E-state index contributed by atoms with van der Waals surface area (Å²) in [6.07, 6.45) is -5.56. The van der Waals surface area contributed by atoms with Crippen LogP contribution in [0.2, 0.25) is 0 Å². The van der Waals surface area contributed by atoms with E-state index >= 15 is 0 Å². The maximum Gasteiger partial charge on any atom is 0.414 e. The van der Waals surface area contributed by atoms with Crippen LogP contribution < -0.4 is 0 Å². The molecule has 2 atom stereocenters. The number of rotatable bonds is 10. The zero-order chi connectivity index (χ0) is 18.1. The molecule has 8 heteroatoms. The van der Waals surface area contributed by atoms with E-state index in [0.717, 1.165) is 0 Å². The number of aliphatic hydroxyl groups excluding tert-OH is 1. The van der Waals surface area contributed by atoms with Crippen molar-refractivity contribution < 1.29 is 37.6 Å². The molecular weight excluding hydrogens is 317 g/mol. The molecule has 0 saturated carbocycles. The van der Waals surface area contributed by atoms with Crippen LogP contribution in [0, 0.1) is 5.92 Å². The van der Waals surface area contributed by atoms with E-state index in [4.69, 9.17) is 14.7 Å². The minimum atomic E-state index is -4.58. The third-order valence-electron chi connectivity index (χ3n) is 3.04. The Kier molecular flexibility index (Phi) is 9.72. The molecule has 0 aliphatic rings. The van der Waals surface area contributed by atoms with Gasteiger partial charge in [0.15, 0.2) is 0 Å². The third kappa shape index (κ3) is 11.3. The molecule has 0 aromatic heterocycles. The monoisotopic (exact) mass is 344 g/mol. The van der Waals surface area contributed by atoms with Crippen molar-refractivity contribution in [2.24, 2.45) is 5.92 Å². The Bertz CT molecular complexity index is 339. The predicted molar refractivity (Wildman–Crippen MR) is 77.4 cm³/mol. The molecule has 0 fully saturated rings. The summed E-state index contributed by atoms with van der Waals surface area (Å²) >= 11 is 0. The summed E-state index contributed by atoms with van der Waals surface area (Å²) in [6, 6.07) is 0. The molecule has 0 aromatic carbocycles. The summed E-state index contributed by atoms with van der Waals surface area (Å²) in [5.41, 5.74) is -0.626. The van der Waals surface area contributed by atoms with E-state index in [1.165, 1.54) is 7.11 Å². The third-order valence-corrected chi connectivity index (χ3v) is 3.04. The summed E-state index contributed by atoms with van der Waals surface area (Å²) in [5, 5.41) is 8.89. The molecule has 0 aliphatic carbocycles. The fourth-order valence-corrected chi connectivity index (χ4v) is 1.87. The first-order chi connectivity index (χ1) is 10.5. The fraction of sp³-hybridized carbons (Fsp3) is 0.933. The Morgan fingerprint density at radius 2 is 1.65 bits per heavy atom. The van der Waals surface area contributed by atoms with Gasteiger partial charge in [-0.2, -0.15) is 13.2 Å². The van der Waals surface area contributed by atoms with Gasteiger partial charge in [-0.15, -0.1) is 0 Å². The molecule has 0 aromatic rings. The topological polar surface area (TPSA) is 65.0 Å². The molecule has 0 amide bonds. The van der Waals surface area contributed by atoms with Gasteiger partial charge in [-0.25, -0.2) is 9.78 Å². The van der Waals surface area contributed by atoms with Crippen molar-refractivity contribution >= 4 is 5.97 Å². The van der Waals surface area contributed by atoms with Gasteiger partial charge in [0.2, 0.25) is 0 Å². The molecule has 138 valence electrons. The van der Waals surface area contributed by atoms with E-state index in [-0.39, 0.29) is 19.4 Å². The van der Waals surface area contributed by atoms with Crippen molar-refractivity contribution in [3.63, 3.8) is 0 Å². The lowest BCUT2D eigenvalue weighted by Crippen LogP contribution is -2.31. The van der Waals surface area contributed by atoms with Crippen molar-refractivity contribution in [1.82, 2.24) is 0 Å². The van der Waals surface area contributed by atoms with E-state index < -0.39 is 29.8 Å². The first-order valence-corrected chi connectivity index (χ1v) is 7.60. The summed E-state index contributed by atoms with van der Waals surface area (Å²) < 4.78 is 41.7. The SMILES string of the molecule is COOCC(CCCCCC(O)C(F)(F)F)C(=O)OC(C)(C)C. The van der Waals surface area contributed by atoms with Crippen LogP contribution in [0.3, 0.4) is 0 Å². The van der Waals surface area contributed by atoms with Gasteiger partial charge in [0.1, 0.15) is 11.7 Å². The number of ether oxygens (including phenoxy) is 1. The van der Waals surface area contributed by atoms with Gasteiger partial charge in [-0.1, -0.05) is 19.3 Å². The lowest BCUT2D eigenvalue weighted by molar-refractivity contribution is -0.280. The fourth-order valence-electron chi connectivity index (χ4n) is 1.87. The molecule has 5 nitrogen and oxygen atoms in total. The van der Waals surface area contributed by atoms with Crippen molar-refractivity contribution in [2.75, 3.05) is 13.7 Å². The van der Waals surface area contributed by atoms with Crippen LogP contribution in [0.25, 0.3) is 0 Å². The van der Waals surface area contributed by atoms with Crippen LogP contribution in [0.5, 0.6) is 0 Å². The minimum absolute atomic E-state index is 0.0244. The van der Waals surface area contributed by atoms with Crippen LogP contribution in [0.15, 0.2) is 0 Å². The Hall–Kier alpha value is -0.860. The van der Waals surface area contributed by atoms with Crippen molar-refractivity contribution in [3.05, 3.63) is 0 Å². The largest absolute Gasteiger partial charge is 0.460 e. The molecule has 0 saturated heterocycles. The van der Waals surface area contributed by atoms with Crippen LogP contribution in [0.1, 0.15) is 52.9 Å². The second-order valence-corrected chi connectivity index (χ2v) is 6.38. The van der Waals surface area contributed by atoms with E-state index in [1.807, 2.05) is 0 Å². The normalized spacial score (nSPS) is 15.3. The average molecular weight is 344 g/mol. The number of carbonyl (C=O) groups excluding carboxylic acids is 1. The van der Waals surface area contributed by atoms with Gasteiger partial charge in [-0.3, -0.25) is 4.79 Å². The van der Waals surface area contributed by atoms with Gasteiger partial charge in [0.25, 0.3) is 0 Å². The van der Waals surface area contributed by atoms with Crippen molar-refractivity contribution in [1.29, 1.82) is 0 Å². The van der Waals surface area contributed by atoms with Gasteiger partial charge in [-0.05, 0) is 33.6 Å². The Balaban J connectivity index is 4.18. The van der Waals surface area contributed by atoms with E-state index in [0.29, 0.717) is 19.3 Å². The number of hydrogen-bond donors (Lipinski definition) is 1. The number of carbonyl (C=O) groups is 1. The van der Waals surface area contributed by atoms with Crippen molar-refractivity contribution in [3.8, 4) is 0 Å². The first kappa shape index (κ1) is 22.1. The molecule has 1 N–H and O–H groups in total. The number of halogens is 3. The molecule has 23 heavy (non-hydrogen) atoms. The Labute approximate surface area is 135 Å². The van der Waals surface area contributed by atoms with Gasteiger partial charge in [0.05, 0.1) is 19.6 Å². The van der Waals surface area contributed by atoms with Gasteiger partial charge in [0, 0.05) is 0 Å². The van der Waals surface area contributed by atoms with Crippen LogP contribution in [-0.4, -0.2) is 42.7 Å². The predicted octanol–water partition coefficient (Wildman–Crippen LogP) is 3.40. The highest BCUT2D eigenvalue weighted by Gasteiger charge is 2.37. The van der Waals surface area contributed by atoms with Gasteiger partial charge >= 0.3 is 12.1 Å². The molecule has 0 heterocycles. The highest BCUT2D eigenvalue weighted by Crippen LogP contribution is 2.24. The first-order valence-electron chi connectivity index (χ1n) is 7.60. The second kappa shape index (κ2) is 10.1. The lowest BCUT2D eigenvalue weighted by Gasteiger charge is -2.23. The molecule has 0 rings (SSSR count). The number of esters is 1. The van der Waals surface area contributed by atoms with Crippen LogP contribution >= 0.6 is 0 Å². The quantitative estimate of drug-likeness (QED) is 0.285. The molecule has 0 radical (unpaired) electrons. The zero-order valence-electron chi connectivity index (χ0n) is 14.1. The standard InChI is InChI=1S/C15H27F3O5/c1-14(2,3)23-13(20)11(10-22-21-4)8-6-5-7-9-12(19)15(16,17)18/h11-12,19H,5-10H2,1-4H3.